The van der Waals surface area contributed by atoms with Gasteiger partial charge in [-0.1, -0.05) is 11.6 Å². The van der Waals surface area contributed by atoms with E-state index in [1.54, 1.807) is 0 Å². The van der Waals surface area contributed by atoms with Crippen molar-refractivity contribution >= 4 is 0 Å². The topological polar surface area (TPSA) is 47.6 Å². The molecule has 0 aliphatic heterocycles. The molecule has 0 saturated heterocycles. The predicted octanol–water partition coefficient (Wildman–Crippen LogP) is 3.55. The second kappa shape index (κ2) is 4.37. The van der Waals surface area contributed by atoms with Gasteiger partial charge in [0.15, 0.2) is 0 Å². The summed E-state index contributed by atoms with van der Waals surface area (Å²) in [6.45, 7) is 2.20. The van der Waals surface area contributed by atoms with Gasteiger partial charge < -0.3 is 0 Å². The molecule has 2 aliphatic rings. The molecule has 0 aromatic rings. The lowest BCUT2D eigenvalue weighted by Gasteiger charge is -2.25. The smallest absolute Gasteiger partial charge is 0.132 e. The quantitative estimate of drug-likeness (QED) is 0.574. The van der Waals surface area contributed by atoms with Crippen LogP contribution in [0.1, 0.15) is 39.0 Å². The Morgan fingerprint density at radius 2 is 1.88 bits per heavy atom. The minimum atomic E-state index is 0.287. The lowest BCUT2D eigenvalue weighted by molar-refractivity contribution is 0.722. The maximum Gasteiger partial charge on any atom is 0.132 e. The second-order valence-electron chi connectivity index (χ2n) is 4.41. The van der Waals surface area contributed by atoms with Crippen LogP contribution >= 0.6 is 0 Å². The molecular formula is C14H14N2. The molecule has 0 atom stereocenters. The average molecular weight is 210 g/mol. The van der Waals surface area contributed by atoms with E-state index < -0.39 is 0 Å². The molecule has 0 spiro atoms. The van der Waals surface area contributed by atoms with Crippen molar-refractivity contribution in [2.45, 2.75) is 39.0 Å². The molecule has 0 aromatic heterocycles. The lowest BCUT2D eigenvalue weighted by atomic mass is 9.79. The summed E-state index contributed by atoms with van der Waals surface area (Å²) in [6.07, 6.45) is 7.41. The third-order valence-electron chi connectivity index (χ3n) is 3.44. The van der Waals surface area contributed by atoms with E-state index in [2.05, 4.69) is 13.0 Å². The lowest BCUT2D eigenvalue weighted by Crippen LogP contribution is -2.07. The minimum Gasteiger partial charge on any atom is -0.192 e. The van der Waals surface area contributed by atoms with Crippen molar-refractivity contribution < 1.29 is 0 Å². The van der Waals surface area contributed by atoms with Crippen LogP contribution in [-0.2, 0) is 0 Å². The van der Waals surface area contributed by atoms with E-state index in [1.807, 2.05) is 12.1 Å². The van der Waals surface area contributed by atoms with Crippen LogP contribution in [0.2, 0.25) is 0 Å². The second-order valence-corrected chi connectivity index (χ2v) is 4.41. The Hall–Kier alpha value is -1.80. The molecule has 0 N–H and O–H groups in total. The fourth-order valence-corrected chi connectivity index (χ4v) is 2.56. The predicted molar refractivity (Wildman–Crippen MR) is 62.1 cm³/mol. The Bertz CT molecular complexity index is 474. The van der Waals surface area contributed by atoms with Crippen molar-refractivity contribution in [1.82, 2.24) is 0 Å². The first-order chi connectivity index (χ1) is 7.76. The van der Waals surface area contributed by atoms with Crippen molar-refractivity contribution in [2.75, 3.05) is 0 Å². The van der Waals surface area contributed by atoms with Gasteiger partial charge in [0.25, 0.3) is 0 Å². The van der Waals surface area contributed by atoms with Gasteiger partial charge in [0.1, 0.15) is 17.7 Å². The molecule has 2 heteroatoms. The molecule has 0 saturated carbocycles. The molecule has 16 heavy (non-hydrogen) atoms. The highest BCUT2D eigenvalue weighted by atomic mass is 14.3. The molecular weight excluding hydrogens is 196 g/mol. The summed E-state index contributed by atoms with van der Waals surface area (Å²) in [5.74, 6) is 0. The van der Waals surface area contributed by atoms with Crippen LogP contribution in [0.5, 0.6) is 0 Å². The standard InChI is InChI=1S/C14H14N2/c1-10-3-2-4-12-7-11(5-6-14(10)12)13(8-15)9-16/h7H,2-6H2,1H3. The number of nitrogens with zero attached hydrogens (tertiary/aromatic N) is 2. The van der Waals surface area contributed by atoms with Crippen LogP contribution in [0.4, 0.5) is 0 Å². The molecule has 80 valence electrons. The number of hydrogen-bond acceptors (Lipinski definition) is 2. The zero-order chi connectivity index (χ0) is 11.5. The molecule has 0 heterocycles. The third-order valence-corrected chi connectivity index (χ3v) is 3.44. The van der Waals surface area contributed by atoms with E-state index in [0.29, 0.717) is 0 Å². The highest BCUT2D eigenvalue weighted by Gasteiger charge is 2.20. The maximum absolute atomic E-state index is 8.85. The van der Waals surface area contributed by atoms with E-state index in [9.17, 15) is 0 Å². The number of hydrogen-bond donors (Lipinski definition) is 0. The highest BCUT2D eigenvalue weighted by molar-refractivity contribution is 5.52. The molecule has 0 amide bonds. The van der Waals surface area contributed by atoms with Crippen LogP contribution in [-0.4, -0.2) is 0 Å². The van der Waals surface area contributed by atoms with E-state index in [0.717, 1.165) is 24.8 Å². The van der Waals surface area contributed by atoms with E-state index in [4.69, 9.17) is 10.5 Å². The highest BCUT2D eigenvalue weighted by Crippen LogP contribution is 2.38. The van der Waals surface area contributed by atoms with Crippen molar-refractivity contribution in [3.05, 3.63) is 33.9 Å². The Balaban J connectivity index is 2.45. The van der Waals surface area contributed by atoms with Crippen molar-refractivity contribution in [1.29, 1.82) is 10.5 Å². The van der Waals surface area contributed by atoms with Gasteiger partial charge in [-0.05, 0) is 55.7 Å². The molecule has 0 fully saturated rings. The summed E-state index contributed by atoms with van der Waals surface area (Å²) in [7, 11) is 0. The van der Waals surface area contributed by atoms with Crippen LogP contribution in [0, 0.1) is 22.7 Å². The monoisotopic (exact) mass is 210 g/mol. The molecule has 0 radical (unpaired) electrons. The van der Waals surface area contributed by atoms with Gasteiger partial charge in [-0.3, -0.25) is 0 Å². The van der Waals surface area contributed by atoms with Crippen molar-refractivity contribution in [3.63, 3.8) is 0 Å². The first kappa shape index (κ1) is 10.7. The van der Waals surface area contributed by atoms with Gasteiger partial charge in [0.05, 0.1) is 0 Å². The largest absolute Gasteiger partial charge is 0.192 e. The zero-order valence-electron chi connectivity index (χ0n) is 9.51. The summed E-state index contributed by atoms with van der Waals surface area (Å²) < 4.78 is 0. The van der Waals surface area contributed by atoms with Gasteiger partial charge in [0.2, 0.25) is 0 Å². The van der Waals surface area contributed by atoms with Gasteiger partial charge >= 0.3 is 0 Å². The first-order valence-electron chi connectivity index (χ1n) is 5.69. The normalized spacial score (nSPS) is 19.4. The first-order valence-corrected chi connectivity index (χ1v) is 5.69. The summed E-state index contributed by atoms with van der Waals surface area (Å²) in [5, 5.41) is 17.7. The number of nitriles is 2. The van der Waals surface area contributed by atoms with Crippen LogP contribution in [0.25, 0.3) is 0 Å². The Kier molecular flexibility index (Phi) is 2.93. The molecule has 2 rings (SSSR count). The Morgan fingerprint density at radius 1 is 1.12 bits per heavy atom. The van der Waals surface area contributed by atoms with Gasteiger partial charge in [0, 0.05) is 0 Å². The minimum absolute atomic E-state index is 0.287. The fourth-order valence-electron chi connectivity index (χ4n) is 2.56. The van der Waals surface area contributed by atoms with E-state index in [1.165, 1.54) is 29.6 Å². The zero-order valence-corrected chi connectivity index (χ0v) is 9.51. The molecule has 2 nitrogen and oxygen atoms in total. The van der Waals surface area contributed by atoms with Gasteiger partial charge in [-0.15, -0.1) is 0 Å². The van der Waals surface area contributed by atoms with Crippen LogP contribution in [0.3, 0.4) is 0 Å². The number of rotatable bonds is 0. The summed E-state index contributed by atoms with van der Waals surface area (Å²) >= 11 is 0. The summed E-state index contributed by atoms with van der Waals surface area (Å²) in [6, 6.07) is 3.97. The van der Waals surface area contributed by atoms with Crippen molar-refractivity contribution in [2.24, 2.45) is 0 Å². The average Bonchev–Trinajstić information content (AvgIpc) is 2.31. The summed E-state index contributed by atoms with van der Waals surface area (Å²) in [5.41, 5.74) is 5.54. The molecule has 2 aliphatic carbocycles. The van der Waals surface area contributed by atoms with Gasteiger partial charge in [-0.25, -0.2) is 0 Å². The molecule has 0 bridgehead atoms. The van der Waals surface area contributed by atoms with Crippen molar-refractivity contribution in [3.8, 4) is 12.1 Å². The molecule has 0 aromatic carbocycles. The maximum atomic E-state index is 8.85. The van der Waals surface area contributed by atoms with E-state index >= 15 is 0 Å². The van der Waals surface area contributed by atoms with Gasteiger partial charge in [-0.2, -0.15) is 10.5 Å². The SMILES string of the molecule is CC1=C2CCC(=C(C#N)C#N)C=C2CCC1. The summed E-state index contributed by atoms with van der Waals surface area (Å²) in [4.78, 5) is 0. The molecule has 0 unspecified atom stereocenters. The van der Waals surface area contributed by atoms with E-state index in [-0.39, 0.29) is 5.57 Å². The number of fused-ring (bicyclic) bond motifs is 1. The fraction of sp³-hybridized carbons (Fsp3) is 0.429. The Labute approximate surface area is 96.2 Å². The third kappa shape index (κ3) is 1.79. The van der Waals surface area contributed by atoms with Crippen LogP contribution < -0.4 is 0 Å². The number of allylic oxidation sites excluding steroid dienone is 6. The Morgan fingerprint density at radius 3 is 2.56 bits per heavy atom. The van der Waals surface area contributed by atoms with Crippen LogP contribution in [0.15, 0.2) is 33.9 Å².